The standard InChI is InChI=1S/C19H34N2/c1-6-12-20-14-18-13-16(5)10-11-19(18)21(9-4)15-17(7-2)8-3/h10-11,13,17,20H,6-9,12,14-15H2,1-5H3. The van der Waals surface area contributed by atoms with Crippen LogP contribution < -0.4 is 10.2 Å². The van der Waals surface area contributed by atoms with Gasteiger partial charge in [-0.15, -0.1) is 0 Å². The van der Waals surface area contributed by atoms with Gasteiger partial charge in [-0.2, -0.15) is 0 Å². The summed E-state index contributed by atoms with van der Waals surface area (Å²) >= 11 is 0. The Morgan fingerprint density at radius 2 is 1.81 bits per heavy atom. The number of hydrogen-bond acceptors (Lipinski definition) is 2. The molecule has 0 fully saturated rings. The fourth-order valence-corrected chi connectivity index (χ4v) is 2.82. The van der Waals surface area contributed by atoms with Crippen LogP contribution in [0.5, 0.6) is 0 Å². The van der Waals surface area contributed by atoms with Crippen LogP contribution >= 0.6 is 0 Å². The molecule has 0 saturated carbocycles. The summed E-state index contributed by atoms with van der Waals surface area (Å²) in [6.45, 7) is 15.6. The molecule has 0 unspecified atom stereocenters. The van der Waals surface area contributed by atoms with Gasteiger partial charge in [0.1, 0.15) is 0 Å². The van der Waals surface area contributed by atoms with E-state index in [0.717, 1.165) is 25.6 Å². The van der Waals surface area contributed by atoms with Gasteiger partial charge in [-0.1, -0.05) is 51.3 Å². The lowest BCUT2D eigenvalue weighted by Crippen LogP contribution is -2.30. The molecule has 0 aromatic heterocycles. The van der Waals surface area contributed by atoms with Gasteiger partial charge in [-0.25, -0.2) is 0 Å². The highest BCUT2D eigenvalue weighted by molar-refractivity contribution is 5.55. The number of anilines is 1. The van der Waals surface area contributed by atoms with Gasteiger partial charge in [0.25, 0.3) is 0 Å². The lowest BCUT2D eigenvalue weighted by Gasteiger charge is -2.29. The molecule has 0 aliphatic rings. The van der Waals surface area contributed by atoms with E-state index in [4.69, 9.17) is 0 Å². The van der Waals surface area contributed by atoms with Crippen LogP contribution in [0.1, 0.15) is 58.1 Å². The van der Waals surface area contributed by atoms with Crippen molar-refractivity contribution in [2.45, 2.75) is 60.4 Å². The predicted molar refractivity (Wildman–Crippen MR) is 95.1 cm³/mol. The molecule has 1 aromatic rings. The second-order valence-electron chi connectivity index (χ2n) is 6.03. The van der Waals surface area contributed by atoms with E-state index in [-0.39, 0.29) is 0 Å². The summed E-state index contributed by atoms with van der Waals surface area (Å²) in [5, 5.41) is 3.55. The SMILES string of the molecule is CCCNCc1cc(C)ccc1N(CC)CC(CC)CC. The monoisotopic (exact) mass is 290 g/mol. The summed E-state index contributed by atoms with van der Waals surface area (Å²) < 4.78 is 0. The fourth-order valence-electron chi connectivity index (χ4n) is 2.82. The number of rotatable bonds is 10. The van der Waals surface area contributed by atoms with Crippen molar-refractivity contribution in [2.75, 3.05) is 24.5 Å². The summed E-state index contributed by atoms with van der Waals surface area (Å²) in [5.41, 5.74) is 4.21. The molecular weight excluding hydrogens is 256 g/mol. The first-order valence-electron chi connectivity index (χ1n) is 8.71. The molecule has 0 aliphatic heterocycles. The van der Waals surface area contributed by atoms with Gasteiger partial charge in [-0.05, 0) is 44.4 Å². The van der Waals surface area contributed by atoms with Crippen LogP contribution in [0.15, 0.2) is 18.2 Å². The Bertz CT molecular complexity index is 397. The lowest BCUT2D eigenvalue weighted by molar-refractivity contribution is 0.485. The second-order valence-corrected chi connectivity index (χ2v) is 6.03. The first-order chi connectivity index (χ1) is 10.2. The zero-order valence-electron chi connectivity index (χ0n) is 14.7. The van der Waals surface area contributed by atoms with E-state index in [1.165, 1.54) is 42.6 Å². The fraction of sp³-hybridized carbons (Fsp3) is 0.684. The Hall–Kier alpha value is -1.02. The van der Waals surface area contributed by atoms with Gasteiger partial charge >= 0.3 is 0 Å². The summed E-state index contributed by atoms with van der Waals surface area (Å²) in [4.78, 5) is 2.56. The maximum absolute atomic E-state index is 3.55. The van der Waals surface area contributed by atoms with Crippen LogP contribution in [0.25, 0.3) is 0 Å². The Morgan fingerprint density at radius 3 is 2.38 bits per heavy atom. The molecule has 21 heavy (non-hydrogen) atoms. The van der Waals surface area contributed by atoms with E-state index >= 15 is 0 Å². The van der Waals surface area contributed by atoms with Gasteiger partial charge in [0.15, 0.2) is 0 Å². The van der Waals surface area contributed by atoms with Crippen LogP contribution in [0.2, 0.25) is 0 Å². The molecule has 0 amide bonds. The van der Waals surface area contributed by atoms with Gasteiger partial charge in [-0.3, -0.25) is 0 Å². The van der Waals surface area contributed by atoms with Gasteiger partial charge < -0.3 is 10.2 Å². The minimum atomic E-state index is 0.794. The summed E-state index contributed by atoms with van der Waals surface area (Å²) in [6.07, 6.45) is 3.72. The quantitative estimate of drug-likeness (QED) is 0.625. The first kappa shape index (κ1) is 18.0. The molecule has 0 bridgehead atoms. The van der Waals surface area contributed by atoms with Crippen molar-refractivity contribution in [2.24, 2.45) is 5.92 Å². The maximum atomic E-state index is 3.55. The molecule has 120 valence electrons. The lowest BCUT2D eigenvalue weighted by atomic mass is 10.0. The van der Waals surface area contributed by atoms with Crippen LogP contribution in [-0.2, 0) is 6.54 Å². The number of hydrogen-bond donors (Lipinski definition) is 1. The van der Waals surface area contributed by atoms with Crippen molar-refractivity contribution in [3.8, 4) is 0 Å². The largest absolute Gasteiger partial charge is 0.371 e. The van der Waals surface area contributed by atoms with Crippen molar-refractivity contribution >= 4 is 5.69 Å². The third kappa shape index (κ3) is 5.70. The molecular formula is C19H34N2. The summed E-state index contributed by atoms with van der Waals surface area (Å²) in [7, 11) is 0. The molecule has 0 saturated heterocycles. The Balaban J connectivity index is 2.90. The predicted octanol–water partition coefficient (Wildman–Crippen LogP) is 4.76. The van der Waals surface area contributed by atoms with Gasteiger partial charge in [0.2, 0.25) is 0 Å². The van der Waals surface area contributed by atoms with E-state index in [1.54, 1.807) is 0 Å². The molecule has 1 aromatic carbocycles. The minimum Gasteiger partial charge on any atom is -0.371 e. The third-order valence-corrected chi connectivity index (χ3v) is 4.33. The average Bonchev–Trinajstić information content (AvgIpc) is 2.50. The van der Waals surface area contributed by atoms with Crippen LogP contribution in [0, 0.1) is 12.8 Å². The van der Waals surface area contributed by atoms with E-state index < -0.39 is 0 Å². The number of nitrogens with one attached hydrogen (secondary N) is 1. The highest BCUT2D eigenvalue weighted by Crippen LogP contribution is 2.24. The maximum Gasteiger partial charge on any atom is 0.0412 e. The van der Waals surface area contributed by atoms with E-state index in [9.17, 15) is 0 Å². The van der Waals surface area contributed by atoms with Crippen molar-refractivity contribution in [1.82, 2.24) is 5.32 Å². The highest BCUT2D eigenvalue weighted by Gasteiger charge is 2.14. The molecule has 0 atom stereocenters. The van der Waals surface area contributed by atoms with E-state index in [1.807, 2.05) is 0 Å². The van der Waals surface area contributed by atoms with Crippen molar-refractivity contribution < 1.29 is 0 Å². The zero-order valence-corrected chi connectivity index (χ0v) is 14.7. The Labute approximate surface area is 131 Å². The molecule has 0 aliphatic carbocycles. The molecule has 1 rings (SSSR count). The van der Waals surface area contributed by atoms with Gasteiger partial charge in [0.05, 0.1) is 0 Å². The zero-order chi connectivity index (χ0) is 15.7. The molecule has 2 nitrogen and oxygen atoms in total. The Morgan fingerprint density at radius 1 is 1.10 bits per heavy atom. The average molecular weight is 290 g/mol. The number of aryl methyl sites for hydroxylation is 1. The van der Waals surface area contributed by atoms with Crippen LogP contribution in [-0.4, -0.2) is 19.6 Å². The molecule has 1 N–H and O–H groups in total. The van der Waals surface area contributed by atoms with Crippen LogP contribution in [0.3, 0.4) is 0 Å². The van der Waals surface area contributed by atoms with Crippen molar-refractivity contribution in [1.29, 1.82) is 0 Å². The highest BCUT2D eigenvalue weighted by atomic mass is 15.1. The number of nitrogens with zero attached hydrogens (tertiary/aromatic N) is 1. The smallest absolute Gasteiger partial charge is 0.0412 e. The summed E-state index contributed by atoms with van der Waals surface area (Å²) in [6, 6.07) is 6.89. The van der Waals surface area contributed by atoms with Gasteiger partial charge in [0, 0.05) is 25.3 Å². The first-order valence-corrected chi connectivity index (χ1v) is 8.71. The van der Waals surface area contributed by atoms with Crippen molar-refractivity contribution in [3.63, 3.8) is 0 Å². The third-order valence-electron chi connectivity index (χ3n) is 4.33. The molecule has 2 heteroatoms. The van der Waals surface area contributed by atoms with E-state index in [2.05, 4.69) is 63.0 Å². The molecule has 0 heterocycles. The second kappa shape index (κ2) is 9.83. The van der Waals surface area contributed by atoms with E-state index in [0.29, 0.717) is 0 Å². The minimum absolute atomic E-state index is 0.794. The normalized spacial score (nSPS) is 11.1. The molecule has 0 spiro atoms. The van der Waals surface area contributed by atoms with Crippen LogP contribution in [0.4, 0.5) is 5.69 Å². The van der Waals surface area contributed by atoms with Crippen molar-refractivity contribution in [3.05, 3.63) is 29.3 Å². The topological polar surface area (TPSA) is 15.3 Å². The summed E-state index contributed by atoms with van der Waals surface area (Å²) in [5.74, 6) is 0.794. The Kier molecular flexibility index (Phi) is 8.44. The molecule has 0 radical (unpaired) electrons. The number of benzene rings is 1.